The molecule has 2 aliphatic carbocycles. The normalized spacial score (nSPS) is 23.8. The molecule has 3 aromatic carbocycles. The SMILES string of the molecule is C=C(COCc1ccc(OC)cc1)[C@@H]1CC[C@]2(C)C[C@@H](O[Si](OC(C)(C)C)(c3ccccc3)c3ccccc3)C(O)C(C)=C2C1. The first kappa shape index (κ1) is 33.4. The summed E-state index contributed by atoms with van der Waals surface area (Å²) in [6.45, 7) is 16.2. The molecule has 0 spiro atoms. The Morgan fingerprint density at radius 1 is 0.956 bits per heavy atom. The molecule has 4 atom stereocenters. The van der Waals surface area contributed by atoms with Crippen LogP contribution in [0.2, 0.25) is 0 Å². The number of aliphatic hydroxyl groups is 1. The average molecular weight is 627 g/mol. The van der Waals surface area contributed by atoms with Crippen molar-refractivity contribution in [2.24, 2.45) is 11.3 Å². The Morgan fingerprint density at radius 2 is 1.56 bits per heavy atom. The number of allylic oxidation sites excluding steroid dienone is 1. The quantitative estimate of drug-likeness (QED) is 0.182. The molecule has 5 nitrogen and oxygen atoms in total. The zero-order chi connectivity index (χ0) is 32.2. The molecule has 0 saturated heterocycles. The fourth-order valence-electron chi connectivity index (χ4n) is 7.11. The fourth-order valence-corrected chi connectivity index (χ4v) is 10.8. The van der Waals surface area contributed by atoms with Gasteiger partial charge in [0, 0.05) is 0 Å². The zero-order valence-corrected chi connectivity index (χ0v) is 28.8. The summed E-state index contributed by atoms with van der Waals surface area (Å²) >= 11 is 0. The highest BCUT2D eigenvalue weighted by Crippen LogP contribution is 2.53. The van der Waals surface area contributed by atoms with Crippen LogP contribution >= 0.6 is 0 Å². The van der Waals surface area contributed by atoms with Crippen molar-refractivity contribution in [2.45, 2.75) is 84.7 Å². The van der Waals surface area contributed by atoms with E-state index < -0.39 is 20.3 Å². The number of fused-ring (bicyclic) bond motifs is 1. The molecule has 1 saturated carbocycles. The summed E-state index contributed by atoms with van der Waals surface area (Å²) in [5.41, 5.74) is 4.10. The Hall–Kier alpha value is -3.00. The van der Waals surface area contributed by atoms with Crippen LogP contribution < -0.4 is 15.1 Å². The lowest BCUT2D eigenvalue weighted by Crippen LogP contribution is -2.68. The Balaban J connectivity index is 1.36. The Labute approximate surface area is 271 Å². The maximum atomic E-state index is 11.9. The van der Waals surface area contributed by atoms with Crippen LogP contribution in [0, 0.1) is 11.3 Å². The standard InChI is InChI=1S/C39H50O5Si/c1-28(26-42-27-30-18-20-32(41-7)21-19-30)31-22-23-39(6)25-36(37(40)29(2)35(39)24-31)43-45(44-38(3,4)5,33-14-10-8-11-15-33)34-16-12-9-13-17-34/h8-21,31,36-37,40H,1,22-27H2,2-7H3/t31-,36-,37?,39-/m1/s1. The molecule has 0 heterocycles. The van der Waals surface area contributed by atoms with E-state index in [-0.39, 0.29) is 11.5 Å². The predicted molar refractivity (Wildman–Crippen MR) is 184 cm³/mol. The van der Waals surface area contributed by atoms with Gasteiger partial charge in [0.05, 0.1) is 32.0 Å². The number of methoxy groups -OCH3 is 1. The van der Waals surface area contributed by atoms with E-state index in [0.717, 1.165) is 58.5 Å². The topological polar surface area (TPSA) is 57.2 Å². The summed E-state index contributed by atoms with van der Waals surface area (Å²) in [5, 5.41) is 14.0. The van der Waals surface area contributed by atoms with Gasteiger partial charge in [-0.1, -0.05) is 91.9 Å². The molecule has 0 aliphatic heterocycles. The van der Waals surface area contributed by atoms with Crippen molar-refractivity contribution in [1.29, 1.82) is 0 Å². The maximum absolute atomic E-state index is 11.9. The van der Waals surface area contributed by atoms with Crippen molar-refractivity contribution in [3.05, 3.63) is 114 Å². The predicted octanol–water partition coefficient (Wildman–Crippen LogP) is 7.11. The van der Waals surface area contributed by atoms with Gasteiger partial charge in [0.25, 0.3) is 0 Å². The molecule has 0 aromatic heterocycles. The third kappa shape index (κ3) is 7.53. The molecule has 240 valence electrons. The van der Waals surface area contributed by atoms with Crippen LogP contribution in [0.4, 0.5) is 0 Å². The van der Waals surface area contributed by atoms with Gasteiger partial charge in [-0.2, -0.15) is 0 Å². The molecule has 2 aliphatic rings. The molecule has 45 heavy (non-hydrogen) atoms. The van der Waals surface area contributed by atoms with Gasteiger partial charge in [0.2, 0.25) is 0 Å². The fraction of sp³-hybridized carbons (Fsp3) is 0.436. The van der Waals surface area contributed by atoms with Gasteiger partial charge < -0.3 is 23.4 Å². The van der Waals surface area contributed by atoms with Gasteiger partial charge in [-0.3, -0.25) is 0 Å². The van der Waals surface area contributed by atoms with Gasteiger partial charge in [-0.15, -0.1) is 0 Å². The second-order valence-corrected chi connectivity index (χ2v) is 16.9. The van der Waals surface area contributed by atoms with E-state index in [4.69, 9.17) is 18.3 Å². The highest BCUT2D eigenvalue weighted by molar-refractivity contribution is 6.92. The van der Waals surface area contributed by atoms with E-state index in [0.29, 0.717) is 19.1 Å². The van der Waals surface area contributed by atoms with Crippen LogP contribution in [0.15, 0.2) is 108 Å². The molecule has 6 heteroatoms. The molecular weight excluding hydrogens is 577 g/mol. The summed E-state index contributed by atoms with van der Waals surface area (Å²) < 4.78 is 25.7. The third-order valence-corrected chi connectivity index (χ3v) is 13.2. The van der Waals surface area contributed by atoms with Crippen molar-refractivity contribution >= 4 is 18.9 Å². The molecule has 0 amide bonds. The number of aliphatic hydroxyl groups excluding tert-OH is 1. The lowest BCUT2D eigenvalue weighted by Gasteiger charge is -2.50. The number of benzene rings is 3. The Bertz CT molecular complexity index is 1420. The second kappa shape index (κ2) is 13.8. The number of rotatable bonds is 11. The smallest absolute Gasteiger partial charge is 0.407 e. The van der Waals surface area contributed by atoms with Crippen molar-refractivity contribution < 1.29 is 23.4 Å². The molecule has 1 unspecified atom stereocenters. The lowest BCUT2D eigenvalue weighted by atomic mass is 9.60. The molecule has 0 radical (unpaired) electrons. The molecule has 1 N–H and O–H groups in total. The third-order valence-electron chi connectivity index (χ3n) is 9.51. The molecule has 1 fully saturated rings. The van der Waals surface area contributed by atoms with Gasteiger partial charge in [0.1, 0.15) is 11.9 Å². The summed E-state index contributed by atoms with van der Waals surface area (Å²) in [5.74, 6) is 1.17. The first-order valence-electron chi connectivity index (χ1n) is 16.2. The second-order valence-electron chi connectivity index (χ2n) is 14.0. The van der Waals surface area contributed by atoms with Crippen molar-refractivity contribution in [3.63, 3.8) is 0 Å². The summed E-state index contributed by atoms with van der Waals surface area (Å²) in [6, 6.07) is 28.7. The van der Waals surface area contributed by atoms with E-state index in [1.54, 1.807) is 7.11 Å². The Kier molecular flexibility index (Phi) is 10.2. The maximum Gasteiger partial charge on any atom is 0.407 e. The minimum atomic E-state index is -3.23. The Morgan fingerprint density at radius 3 is 2.11 bits per heavy atom. The van der Waals surface area contributed by atoms with Crippen LogP contribution in [0.25, 0.3) is 0 Å². The molecular formula is C39H50O5Si. The summed E-state index contributed by atoms with van der Waals surface area (Å²) in [6.07, 6.45) is 2.60. The minimum Gasteiger partial charge on any atom is -0.497 e. The largest absolute Gasteiger partial charge is 0.497 e. The van der Waals surface area contributed by atoms with E-state index in [2.05, 4.69) is 65.5 Å². The van der Waals surface area contributed by atoms with Crippen molar-refractivity contribution in [3.8, 4) is 5.75 Å². The number of ether oxygens (including phenoxy) is 2. The van der Waals surface area contributed by atoms with Gasteiger partial charge in [0.15, 0.2) is 0 Å². The number of hydrogen-bond acceptors (Lipinski definition) is 5. The first-order chi connectivity index (χ1) is 21.4. The minimum absolute atomic E-state index is 0.0655. The van der Waals surface area contributed by atoms with Gasteiger partial charge in [-0.05, 0) is 104 Å². The van der Waals surface area contributed by atoms with Crippen molar-refractivity contribution in [1.82, 2.24) is 0 Å². The number of hydrogen-bond donors (Lipinski definition) is 1. The van der Waals surface area contributed by atoms with E-state index in [9.17, 15) is 5.11 Å². The van der Waals surface area contributed by atoms with E-state index in [1.807, 2.05) is 60.7 Å². The summed E-state index contributed by atoms with van der Waals surface area (Å²) in [7, 11) is -1.56. The lowest BCUT2D eigenvalue weighted by molar-refractivity contribution is -0.0225. The average Bonchev–Trinajstić information content (AvgIpc) is 3.03. The highest BCUT2D eigenvalue weighted by atomic mass is 28.4. The molecule has 5 rings (SSSR count). The zero-order valence-electron chi connectivity index (χ0n) is 27.8. The van der Waals surface area contributed by atoms with Gasteiger partial charge in [-0.25, -0.2) is 0 Å². The van der Waals surface area contributed by atoms with Crippen LogP contribution in [0.1, 0.15) is 65.9 Å². The first-order valence-corrected chi connectivity index (χ1v) is 18.0. The van der Waals surface area contributed by atoms with Gasteiger partial charge >= 0.3 is 8.56 Å². The molecule has 0 bridgehead atoms. The van der Waals surface area contributed by atoms with E-state index in [1.165, 1.54) is 5.57 Å². The van der Waals surface area contributed by atoms with Crippen LogP contribution in [0.5, 0.6) is 5.75 Å². The summed E-state index contributed by atoms with van der Waals surface area (Å²) in [4.78, 5) is 0. The van der Waals surface area contributed by atoms with Crippen LogP contribution in [0.3, 0.4) is 0 Å². The van der Waals surface area contributed by atoms with Crippen LogP contribution in [-0.2, 0) is 20.2 Å². The monoisotopic (exact) mass is 626 g/mol. The molecule has 3 aromatic rings. The van der Waals surface area contributed by atoms with Crippen LogP contribution in [-0.4, -0.2) is 45.2 Å². The van der Waals surface area contributed by atoms with Crippen molar-refractivity contribution in [2.75, 3.05) is 13.7 Å². The van der Waals surface area contributed by atoms with E-state index >= 15 is 0 Å². The highest BCUT2D eigenvalue weighted by Gasteiger charge is 2.52.